The second kappa shape index (κ2) is 8.13. The summed E-state index contributed by atoms with van der Waals surface area (Å²) in [5, 5.41) is 6.05. The second-order valence-corrected chi connectivity index (χ2v) is 6.03. The summed E-state index contributed by atoms with van der Waals surface area (Å²) in [5.41, 5.74) is 1.45. The third-order valence-corrected chi connectivity index (χ3v) is 4.18. The summed E-state index contributed by atoms with van der Waals surface area (Å²) in [7, 11) is 0. The highest BCUT2D eigenvalue weighted by Gasteiger charge is 2.25. The molecule has 1 aliphatic heterocycles. The maximum Gasteiger partial charge on any atom is 0.234 e. The first-order chi connectivity index (χ1) is 12.1. The summed E-state index contributed by atoms with van der Waals surface area (Å²) < 4.78 is 26.4. The Morgan fingerprint density at radius 1 is 1.32 bits per heavy atom. The molecule has 5 nitrogen and oxygen atoms in total. The molecule has 7 heteroatoms. The Kier molecular flexibility index (Phi) is 5.67. The number of benzene rings is 1. The van der Waals surface area contributed by atoms with Crippen molar-refractivity contribution in [3.8, 4) is 0 Å². The fourth-order valence-corrected chi connectivity index (χ4v) is 2.99. The van der Waals surface area contributed by atoms with E-state index in [1.54, 1.807) is 12.4 Å². The highest BCUT2D eigenvalue weighted by molar-refractivity contribution is 5.78. The number of rotatable bonds is 5. The summed E-state index contributed by atoms with van der Waals surface area (Å²) in [4.78, 5) is 18.5. The van der Waals surface area contributed by atoms with Crippen LogP contribution in [0.2, 0.25) is 0 Å². The molecule has 0 radical (unpaired) electrons. The first-order valence-corrected chi connectivity index (χ1v) is 8.18. The molecule has 25 heavy (non-hydrogen) atoms. The summed E-state index contributed by atoms with van der Waals surface area (Å²) in [6.07, 6.45) is 3.52. The van der Waals surface area contributed by atoms with Crippen LogP contribution in [0.3, 0.4) is 0 Å². The maximum atomic E-state index is 13.2. The van der Waals surface area contributed by atoms with Gasteiger partial charge in [-0.15, -0.1) is 0 Å². The van der Waals surface area contributed by atoms with Gasteiger partial charge in [0.2, 0.25) is 5.91 Å². The number of aromatic nitrogens is 1. The van der Waals surface area contributed by atoms with E-state index >= 15 is 0 Å². The predicted molar refractivity (Wildman–Crippen MR) is 89.6 cm³/mol. The largest absolute Gasteiger partial charge is 0.351 e. The molecule has 1 amide bonds. The van der Waals surface area contributed by atoms with Crippen molar-refractivity contribution in [2.45, 2.75) is 12.6 Å². The number of nitrogens with one attached hydrogen (secondary N) is 2. The number of halogens is 2. The van der Waals surface area contributed by atoms with Gasteiger partial charge in [-0.25, -0.2) is 8.78 Å². The van der Waals surface area contributed by atoms with Crippen LogP contribution in [0.5, 0.6) is 0 Å². The van der Waals surface area contributed by atoms with E-state index in [-0.39, 0.29) is 25.0 Å². The maximum absolute atomic E-state index is 13.2. The van der Waals surface area contributed by atoms with E-state index in [1.807, 2.05) is 12.1 Å². The van der Waals surface area contributed by atoms with Gasteiger partial charge in [0, 0.05) is 50.7 Å². The minimum Gasteiger partial charge on any atom is -0.351 e. The third-order valence-electron chi connectivity index (χ3n) is 4.18. The van der Waals surface area contributed by atoms with Crippen molar-refractivity contribution in [1.29, 1.82) is 0 Å². The zero-order valence-electron chi connectivity index (χ0n) is 13.7. The molecule has 1 saturated heterocycles. The van der Waals surface area contributed by atoms with Crippen molar-refractivity contribution in [2.24, 2.45) is 0 Å². The van der Waals surface area contributed by atoms with Crippen molar-refractivity contribution < 1.29 is 13.6 Å². The molecule has 2 N–H and O–H groups in total. The zero-order valence-corrected chi connectivity index (χ0v) is 13.7. The van der Waals surface area contributed by atoms with Gasteiger partial charge in [-0.05, 0) is 29.3 Å². The van der Waals surface area contributed by atoms with Crippen molar-refractivity contribution >= 4 is 5.91 Å². The molecule has 0 spiro atoms. The quantitative estimate of drug-likeness (QED) is 0.864. The van der Waals surface area contributed by atoms with Gasteiger partial charge in [0.1, 0.15) is 11.6 Å². The molecule has 1 atom stereocenters. The minimum absolute atomic E-state index is 0.0693. The summed E-state index contributed by atoms with van der Waals surface area (Å²) in [6, 6.07) is 7.18. The third kappa shape index (κ3) is 4.80. The number of nitrogens with zero attached hydrogens (tertiary/aromatic N) is 2. The Hall–Kier alpha value is -2.38. The Bertz CT molecular complexity index is 706. The molecular weight excluding hydrogens is 326 g/mol. The molecule has 2 heterocycles. The van der Waals surface area contributed by atoms with Crippen molar-refractivity contribution in [2.75, 3.05) is 26.2 Å². The van der Waals surface area contributed by atoms with Gasteiger partial charge >= 0.3 is 0 Å². The molecule has 1 unspecified atom stereocenters. The van der Waals surface area contributed by atoms with Crippen LogP contribution in [0.25, 0.3) is 0 Å². The highest BCUT2D eigenvalue weighted by Crippen LogP contribution is 2.20. The fourth-order valence-electron chi connectivity index (χ4n) is 2.99. The van der Waals surface area contributed by atoms with Crippen LogP contribution in [-0.2, 0) is 11.3 Å². The van der Waals surface area contributed by atoms with E-state index in [0.717, 1.165) is 31.3 Å². The summed E-state index contributed by atoms with van der Waals surface area (Å²) in [5.74, 6) is -1.48. The number of amides is 1. The van der Waals surface area contributed by atoms with Gasteiger partial charge < -0.3 is 10.6 Å². The molecule has 132 valence electrons. The number of carbonyl (C=O) groups is 1. The van der Waals surface area contributed by atoms with Gasteiger partial charge in [0.25, 0.3) is 0 Å². The van der Waals surface area contributed by atoms with E-state index < -0.39 is 11.6 Å². The lowest BCUT2D eigenvalue weighted by molar-refractivity contribution is -0.123. The number of hydrogen-bond acceptors (Lipinski definition) is 4. The van der Waals surface area contributed by atoms with Crippen LogP contribution in [0.4, 0.5) is 8.78 Å². The fraction of sp³-hybridized carbons (Fsp3) is 0.333. The van der Waals surface area contributed by atoms with E-state index in [9.17, 15) is 13.6 Å². The normalized spacial score (nSPS) is 18.1. The van der Waals surface area contributed by atoms with Gasteiger partial charge in [-0.3, -0.25) is 14.7 Å². The molecule has 0 saturated carbocycles. The molecule has 2 aromatic rings. The Morgan fingerprint density at radius 3 is 2.84 bits per heavy atom. The van der Waals surface area contributed by atoms with Gasteiger partial charge in [-0.2, -0.15) is 0 Å². The molecular formula is C18H20F2N4O. The standard InChI is InChI=1S/C18H20F2N4O/c19-15-6-13(7-16(20)8-15)9-23-18(25)12-24-5-4-22-11-17(24)14-2-1-3-21-10-14/h1-3,6-8,10,17,22H,4-5,9,11-12H2,(H,23,25). The van der Waals surface area contributed by atoms with Crippen LogP contribution < -0.4 is 10.6 Å². The topological polar surface area (TPSA) is 57.3 Å². The van der Waals surface area contributed by atoms with Crippen LogP contribution in [0.1, 0.15) is 17.2 Å². The zero-order chi connectivity index (χ0) is 17.6. The number of pyridine rings is 1. The number of carbonyl (C=O) groups excluding carboxylic acids is 1. The number of hydrogen-bond donors (Lipinski definition) is 2. The van der Waals surface area contributed by atoms with Crippen LogP contribution in [0.15, 0.2) is 42.7 Å². The molecule has 0 aliphatic carbocycles. The summed E-state index contributed by atoms with van der Waals surface area (Å²) >= 11 is 0. The molecule has 3 rings (SSSR count). The van der Waals surface area contributed by atoms with Crippen molar-refractivity contribution in [3.05, 3.63) is 65.5 Å². The lowest BCUT2D eigenvalue weighted by Gasteiger charge is -2.35. The SMILES string of the molecule is O=C(CN1CCNCC1c1cccnc1)NCc1cc(F)cc(F)c1. The smallest absolute Gasteiger partial charge is 0.234 e. The van der Waals surface area contributed by atoms with Crippen molar-refractivity contribution in [3.63, 3.8) is 0 Å². The Labute approximate surface area is 145 Å². The van der Waals surface area contributed by atoms with E-state index in [4.69, 9.17) is 0 Å². The Morgan fingerprint density at radius 2 is 2.12 bits per heavy atom. The van der Waals surface area contributed by atoms with Gasteiger partial charge in [-0.1, -0.05) is 6.07 Å². The number of piperazine rings is 1. The minimum atomic E-state index is -0.650. The van der Waals surface area contributed by atoms with Gasteiger partial charge in [0.15, 0.2) is 0 Å². The monoisotopic (exact) mass is 346 g/mol. The van der Waals surface area contributed by atoms with E-state index in [2.05, 4.69) is 20.5 Å². The van der Waals surface area contributed by atoms with E-state index in [0.29, 0.717) is 5.56 Å². The Balaban J connectivity index is 1.59. The predicted octanol–water partition coefficient (Wildman–Crippen LogP) is 1.62. The first kappa shape index (κ1) is 17.4. The highest BCUT2D eigenvalue weighted by atomic mass is 19.1. The first-order valence-electron chi connectivity index (χ1n) is 8.18. The molecule has 1 aliphatic rings. The van der Waals surface area contributed by atoms with Crippen molar-refractivity contribution in [1.82, 2.24) is 20.5 Å². The summed E-state index contributed by atoms with van der Waals surface area (Å²) in [6.45, 7) is 2.60. The lowest BCUT2D eigenvalue weighted by Crippen LogP contribution is -2.49. The lowest BCUT2D eigenvalue weighted by atomic mass is 10.1. The average molecular weight is 346 g/mol. The molecule has 0 bridgehead atoms. The average Bonchev–Trinajstić information content (AvgIpc) is 2.60. The van der Waals surface area contributed by atoms with Crippen LogP contribution in [-0.4, -0.2) is 42.0 Å². The molecule has 1 aromatic carbocycles. The second-order valence-electron chi connectivity index (χ2n) is 6.03. The molecule has 1 fully saturated rings. The van der Waals surface area contributed by atoms with Crippen LogP contribution in [0, 0.1) is 11.6 Å². The molecule has 1 aromatic heterocycles. The van der Waals surface area contributed by atoms with Gasteiger partial charge in [0.05, 0.1) is 6.54 Å². The van der Waals surface area contributed by atoms with E-state index in [1.165, 1.54) is 12.1 Å². The van der Waals surface area contributed by atoms with Crippen LogP contribution >= 0.6 is 0 Å².